The third kappa shape index (κ3) is 3.03. The molecule has 1 aromatic heterocycles. The van der Waals surface area contributed by atoms with Gasteiger partial charge in [-0.25, -0.2) is 0 Å². The number of halogens is 1. The van der Waals surface area contributed by atoms with Gasteiger partial charge in [0.15, 0.2) is 0 Å². The van der Waals surface area contributed by atoms with Gasteiger partial charge in [-0.15, -0.1) is 0 Å². The van der Waals surface area contributed by atoms with E-state index in [1.54, 1.807) is 18.4 Å². The van der Waals surface area contributed by atoms with Crippen molar-refractivity contribution in [2.24, 2.45) is 0 Å². The van der Waals surface area contributed by atoms with E-state index in [1.165, 1.54) is 11.3 Å². The van der Waals surface area contributed by atoms with Crippen LogP contribution in [0, 0.1) is 0 Å². The molecule has 3 aromatic rings. The minimum Gasteiger partial charge on any atom is -0.465 e. The molecule has 25 heavy (non-hydrogen) atoms. The van der Waals surface area contributed by atoms with Gasteiger partial charge in [-0.1, -0.05) is 41.1 Å². The van der Waals surface area contributed by atoms with Crippen LogP contribution in [-0.2, 0) is 0 Å². The molecular formula is C20H16ClNO2S. The van der Waals surface area contributed by atoms with E-state index < -0.39 is 0 Å². The molecule has 1 aliphatic rings. The number of rotatable bonds is 2. The number of benzene rings is 2. The molecule has 0 bridgehead atoms. The molecule has 3 nitrogen and oxygen atoms in total. The summed E-state index contributed by atoms with van der Waals surface area (Å²) in [5.74, 6) is 0.703. The van der Waals surface area contributed by atoms with Crippen LogP contribution in [-0.4, -0.2) is 13.6 Å². The molecule has 0 aliphatic carbocycles. The first-order valence-electron chi connectivity index (χ1n) is 8.02. The maximum absolute atomic E-state index is 12.8. The van der Waals surface area contributed by atoms with Crippen LogP contribution in [0.2, 0.25) is 5.02 Å². The van der Waals surface area contributed by atoms with Crippen molar-refractivity contribution in [2.45, 2.75) is 6.42 Å². The van der Waals surface area contributed by atoms with Gasteiger partial charge in [-0.3, -0.25) is 4.79 Å². The lowest BCUT2D eigenvalue weighted by Gasteiger charge is -2.29. The SMILES string of the molecule is CN1CC/C(=C\Oc2ccc(Cl)cc2)c2c1c1ccccc1sc2=O. The highest BCUT2D eigenvalue weighted by Crippen LogP contribution is 2.38. The summed E-state index contributed by atoms with van der Waals surface area (Å²) in [7, 11) is 2.03. The lowest BCUT2D eigenvalue weighted by Crippen LogP contribution is -2.27. The maximum Gasteiger partial charge on any atom is 0.242 e. The van der Waals surface area contributed by atoms with Gasteiger partial charge in [0.2, 0.25) is 4.74 Å². The van der Waals surface area contributed by atoms with Crippen molar-refractivity contribution in [3.8, 4) is 5.75 Å². The van der Waals surface area contributed by atoms with E-state index in [-0.39, 0.29) is 4.74 Å². The molecule has 2 aromatic carbocycles. The molecule has 0 fully saturated rings. The van der Waals surface area contributed by atoms with Crippen LogP contribution in [0.4, 0.5) is 5.69 Å². The van der Waals surface area contributed by atoms with Gasteiger partial charge >= 0.3 is 0 Å². The first-order valence-corrected chi connectivity index (χ1v) is 9.21. The van der Waals surface area contributed by atoms with Crippen LogP contribution in [0.5, 0.6) is 5.75 Å². The van der Waals surface area contributed by atoms with Crippen molar-refractivity contribution in [3.63, 3.8) is 0 Å². The van der Waals surface area contributed by atoms with Crippen LogP contribution in [0.1, 0.15) is 12.0 Å². The maximum atomic E-state index is 12.8. The summed E-state index contributed by atoms with van der Waals surface area (Å²) in [6.07, 6.45) is 2.48. The topological polar surface area (TPSA) is 29.5 Å². The summed E-state index contributed by atoms with van der Waals surface area (Å²) in [6.45, 7) is 0.848. The van der Waals surface area contributed by atoms with Crippen molar-refractivity contribution in [2.75, 3.05) is 18.5 Å². The summed E-state index contributed by atoms with van der Waals surface area (Å²) >= 11 is 7.19. The Labute approximate surface area is 154 Å². The van der Waals surface area contributed by atoms with Crippen molar-refractivity contribution in [1.82, 2.24) is 0 Å². The molecule has 0 saturated heterocycles. The standard InChI is InChI=1S/C20H16ClNO2S/c1-22-11-10-13(12-24-15-8-6-14(21)7-9-15)18-19(22)16-4-2-3-5-17(16)25-20(18)23/h2-9,12H,10-11H2,1H3/b13-12+. The molecule has 0 spiro atoms. The van der Waals surface area contributed by atoms with E-state index in [1.807, 2.05) is 37.4 Å². The highest BCUT2D eigenvalue weighted by Gasteiger charge is 2.24. The Morgan fingerprint density at radius 2 is 1.92 bits per heavy atom. The van der Waals surface area contributed by atoms with E-state index in [9.17, 15) is 4.79 Å². The van der Waals surface area contributed by atoms with Gasteiger partial charge in [0, 0.05) is 34.3 Å². The molecule has 0 amide bonds. The first-order chi connectivity index (χ1) is 12.1. The molecule has 4 rings (SSSR count). The second kappa shape index (κ2) is 6.54. The minimum absolute atomic E-state index is 0.0752. The lowest BCUT2D eigenvalue weighted by atomic mass is 9.98. The average Bonchev–Trinajstić information content (AvgIpc) is 2.62. The van der Waals surface area contributed by atoms with Crippen LogP contribution in [0.15, 0.2) is 59.6 Å². The normalized spacial score (nSPS) is 15.4. The second-order valence-corrected chi connectivity index (χ2v) is 7.45. The van der Waals surface area contributed by atoms with E-state index in [4.69, 9.17) is 16.3 Å². The summed E-state index contributed by atoms with van der Waals surface area (Å²) < 4.78 is 6.87. The monoisotopic (exact) mass is 369 g/mol. The Morgan fingerprint density at radius 1 is 1.16 bits per heavy atom. The molecule has 0 N–H and O–H groups in total. The zero-order valence-electron chi connectivity index (χ0n) is 13.7. The zero-order chi connectivity index (χ0) is 17.4. The number of ether oxygens (including phenoxy) is 1. The van der Waals surface area contributed by atoms with Gasteiger partial charge in [0.05, 0.1) is 17.5 Å². The highest BCUT2D eigenvalue weighted by molar-refractivity contribution is 7.16. The van der Waals surface area contributed by atoms with Crippen LogP contribution in [0.3, 0.4) is 0 Å². The fourth-order valence-corrected chi connectivity index (χ4v) is 4.19. The molecular weight excluding hydrogens is 354 g/mol. The van der Waals surface area contributed by atoms with Crippen molar-refractivity contribution in [1.29, 1.82) is 0 Å². The van der Waals surface area contributed by atoms with Crippen molar-refractivity contribution in [3.05, 3.63) is 74.9 Å². The number of nitrogens with zero attached hydrogens (tertiary/aromatic N) is 1. The Morgan fingerprint density at radius 3 is 2.72 bits per heavy atom. The smallest absolute Gasteiger partial charge is 0.242 e. The third-order valence-corrected chi connectivity index (χ3v) is 5.57. The third-order valence-electron chi connectivity index (χ3n) is 4.36. The molecule has 0 unspecified atom stereocenters. The number of hydrogen-bond acceptors (Lipinski definition) is 4. The van der Waals surface area contributed by atoms with Crippen LogP contribution in [0.25, 0.3) is 15.7 Å². The van der Waals surface area contributed by atoms with Gasteiger partial charge in [0.25, 0.3) is 0 Å². The lowest BCUT2D eigenvalue weighted by molar-refractivity contribution is 0.481. The summed E-state index contributed by atoms with van der Waals surface area (Å²) in [6, 6.07) is 15.2. The Bertz CT molecular complexity index is 1020. The highest BCUT2D eigenvalue weighted by atomic mass is 35.5. The first kappa shape index (κ1) is 16.2. The number of hydrogen-bond donors (Lipinski definition) is 0. The van der Waals surface area contributed by atoms with Gasteiger partial charge in [-0.2, -0.15) is 0 Å². The van der Waals surface area contributed by atoms with Gasteiger partial charge in [0.1, 0.15) is 5.75 Å². The Hall–Kier alpha value is -2.30. The fraction of sp³-hybridized carbons (Fsp3) is 0.150. The van der Waals surface area contributed by atoms with E-state index in [2.05, 4.69) is 11.0 Å². The molecule has 0 atom stereocenters. The Balaban J connectivity index is 1.82. The van der Waals surface area contributed by atoms with Crippen LogP contribution < -0.4 is 14.4 Å². The largest absolute Gasteiger partial charge is 0.465 e. The number of anilines is 1. The summed E-state index contributed by atoms with van der Waals surface area (Å²) in [4.78, 5) is 14.9. The van der Waals surface area contributed by atoms with E-state index in [0.717, 1.165) is 39.9 Å². The van der Waals surface area contributed by atoms with Gasteiger partial charge in [-0.05, 0) is 36.8 Å². The number of fused-ring (bicyclic) bond motifs is 3. The minimum atomic E-state index is 0.0752. The average molecular weight is 370 g/mol. The molecule has 0 radical (unpaired) electrons. The van der Waals surface area contributed by atoms with Crippen molar-refractivity contribution >= 4 is 44.3 Å². The fourth-order valence-electron chi connectivity index (χ4n) is 3.11. The summed E-state index contributed by atoms with van der Waals surface area (Å²) in [5.41, 5.74) is 2.69. The Kier molecular flexibility index (Phi) is 4.24. The zero-order valence-corrected chi connectivity index (χ0v) is 15.2. The van der Waals surface area contributed by atoms with E-state index in [0.29, 0.717) is 10.8 Å². The quantitative estimate of drug-likeness (QED) is 0.583. The molecule has 126 valence electrons. The van der Waals surface area contributed by atoms with Gasteiger partial charge < -0.3 is 9.64 Å². The molecule has 2 heterocycles. The molecule has 5 heteroatoms. The predicted molar refractivity (Wildman–Crippen MR) is 106 cm³/mol. The van der Waals surface area contributed by atoms with Crippen molar-refractivity contribution < 1.29 is 4.74 Å². The van der Waals surface area contributed by atoms with E-state index >= 15 is 0 Å². The van der Waals surface area contributed by atoms with Crippen LogP contribution >= 0.6 is 22.9 Å². The second-order valence-electron chi connectivity index (χ2n) is 6.00. The predicted octanol–water partition coefficient (Wildman–Crippen LogP) is 5.17. The summed E-state index contributed by atoms with van der Waals surface area (Å²) in [5, 5.41) is 1.78. The molecule has 1 aliphatic heterocycles. The molecule has 0 saturated carbocycles.